The molecule has 1 aliphatic carbocycles. The second-order valence-electron chi connectivity index (χ2n) is 4.42. The van der Waals surface area contributed by atoms with Crippen LogP contribution in [0.25, 0.3) is 10.6 Å². The van der Waals surface area contributed by atoms with Crippen LogP contribution in [0.1, 0.15) is 18.5 Å². The Hall–Kier alpha value is -0.970. The van der Waals surface area contributed by atoms with Gasteiger partial charge in [0, 0.05) is 23.5 Å². The Kier molecular flexibility index (Phi) is 3.33. The van der Waals surface area contributed by atoms with E-state index in [1.807, 2.05) is 5.38 Å². The lowest BCUT2D eigenvalue weighted by atomic mass is 10.2. The van der Waals surface area contributed by atoms with Gasteiger partial charge in [-0.05, 0) is 31.0 Å². The zero-order valence-electron chi connectivity index (χ0n) is 9.62. The predicted molar refractivity (Wildman–Crippen MR) is 72.4 cm³/mol. The Morgan fingerprint density at radius 2 is 2.28 bits per heavy atom. The maximum Gasteiger partial charge on any atom is 0.125 e. The van der Waals surface area contributed by atoms with Crippen LogP contribution in [-0.2, 0) is 6.54 Å². The normalized spacial score (nSPS) is 15.0. The monoisotopic (exact) mass is 282 g/mol. The lowest BCUT2D eigenvalue weighted by Crippen LogP contribution is -2.15. The zero-order chi connectivity index (χ0) is 12.5. The van der Waals surface area contributed by atoms with Gasteiger partial charge in [-0.15, -0.1) is 11.3 Å². The summed E-state index contributed by atoms with van der Waals surface area (Å²) in [4.78, 5) is 4.52. The molecule has 0 saturated heterocycles. The van der Waals surface area contributed by atoms with E-state index in [1.54, 1.807) is 6.07 Å². The predicted octanol–water partition coefficient (Wildman–Crippen LogP) is 3.85. The van der Waals surface area contributed by atoms with Crippen molar-refractivity contribution in [3.8, 4) is 10.6 Å². The molecule has 94 valence electrons. The van der Waals surface area contributed by atoms with Gasteiger partial charge < -0.3 is 5.32 Å². The Morgan fingerprint density at radius 3 is 3.00 bits per heavy atom. The number of aromatic nitrogens is 1. The molecule has 1 aliphatic rings. The molecule has 0 aliphatic heterocycles. The number of nitrogens with zero attached hydrogens (tertiary/aromatic N) is 1. The molecule has 0 unspecified atom stereocenters. The molecule has 0 amide bonds. The van der Waals surface area contributed by atoms with Crippen LogP contribution in [0.4, 0.5) is 4.39 Å². The van der Waals surface area contributed by atoms with Gasteiger partial charge in [-0.25, -0.2) is 9.37 Å². The van der Waals surface area contributed by atoms with Crippen LogP contribution in [0.5, 0.6) is 0 Å². The number of hydrogen-bond acceptors (Lipinski definition) is 3. The van der Waals surface area contributed by atoms with Gasteiger partial charge in [-0.3, -0.25) is 0 Å². The van der Waals surface area contributed by atoms with E-state index in [0.29, 0.717) is 11.1 Å². The van der Waals surface area contributed by atoms with Crippen LogP contribution < -0.4 is 5.32 Å². The summed E-state index contributed by atoms with van der Waals surface area (Å²) in [5, 5.41) is 6.68. The summed E-state index contributed by atoms with van der Waals surface area (Å²) in [5.74, 6) is -0.323. The van der Waals surface area contributed by atoms with Gasteiger partial charge in [0.05, 0.1) is 10.7 Å². The van der Waals surface area contributed by atoms with E-state index >= 15 is 0 Å². The van der Waals surface area contributed by atoms with E-state index in [1.165, 1.54) is 36.3 Å². The first-order chi connectivity index (χ1) is 8.72. The maximum atomic E-state index is 13.0. The van der Waals surface area contributed by atoms with Crippen LogP contribution >= 0.6 is 22.9 Å². The van der Waals surface area contributed by atoms with Gasteiger partial charge in [0.1, 0.15) is 10.8 Å². The van der Waals surface area contributed by atoms with Crippen LogP contribution in [0, 0.1) is 5.82 Å². The van der Waals surface area contributed by atoms with Crippen LogP contribution in [0.15, 0.2) is 23.6 Å². The smallest absolute Gasteiger partial charge is 0.125 e. The lowest BCUT2D eigenvalue weighted by molar-refractivity contribution is 0.628. The van der Waals surface area contributed by atoms with Gasteiger partial charge in [0.2, 0.25) is 0 Å². The van der Waals surface area contributed by atoms with Gasteiger partial charge in [0.15, 0.2) is 0 Å². The third kappa shape index (κ3) is 2.71. The molecule has 1 aromatic heterocycles. The number of hydrogen-bond donors (Lipinski definition) is 1. The third-order valence-corrected chi connectivity index (χ3v) is 4.10. The molecule has 2 nitrogen and oxygen atoms in total. The molecule has 18 heavy (non-hydrogen) atoms. The minimum absolute atomic E-state index is 0.323. The summed E-state index contributed by atoms with van der Waals surface area (Å²) in [5.41, 5.74) is 1.81. The Balaban J connectivity index is 1.78. The van der Waals surface area contributed by atoms with Crippen molar-refractivity contribution in [3.05, 3.63) is 40.1 Å². The van der Waals surface area contributed by atoms with Crippen molar-refractivity contribution >= 4 is 22.9 Å². The van der Waals surface area contributed by atoms with Crippen molar-refractivity contribution in [3.63, 3.8) is 0 Å². The molecule has 0 bridgehead atoms. The van der Waals surface area contributed by atoms with E-state index in [0.717, 1.165) is 22.8 Å². The van der Waals surface area contributed by atoms with E-state index in [4.69, 9.17) is 11.6 Å². The van der Waals surface area contributed by atoms with Gasteiger partial charge in [0.25, 0.3) is 0 Å². The van der Waals surface area contributed by atoms with Crippen LogP contribution in [-0.4, -0.2) is 11.0 Å². The quantitative estimate of drug-likeness (QED) is 0.921. The highest BCUT2D eigenvalue weighted by molar-refractivity contribution is 7.13. The number of rotatable bonds is 4. The molecule has 1 saturated carbocycles. The number of nitrogens with one attached hydrogen (secondary N) is 1. The van der Waals surface area contributed by atoms with Gasteiger partial charge >= 0.3 is 0 Å². The first-order valence-electron chi connectivity index (χ1n) is 5.85. The Labute approximate surface area is 114 Å². The highest BCUT2D eigenvalue weighted by Crippen LogP contribution is 2.31. The maximum absolute atomic E-state index is 13.0. The summed E-state index contributed by atoms with van der Waals surface area (Å²) < 4.78 is 13.0. The van der Waals surface area contributed by atoms with Gasteiger partial charge in [-0.2, -0.15) is 0 Å². The first-order valence-corrected chi connectivity index (χ1v) is 7.11. The standard InChI is InChI=1S/C13H12ClFN2S/c14-12-5-8(15)1-4-11(12)13-17-10(7-18-13)6-16-9-2-3-9/h1,4-5,7,9,16H,2-3,6H2. The van der Waals surface area contributed by atoms with Crippen molar-refractivity contribution in [1.82, 2.24) is 10.3 Å². The Bertz CT molecular complexity index is 566. The second-order valence-corrected chi connectivity index (χ2v) is 5.69. The van der Waals surface area contributed by atoms with Crippen molar-refractivity contribution in [2.24, 2.45) is 0 Å². The van der Waals surface area contributed by atoms with E-state index in [9.17, 15) is 4.39 Å². The lowest BCUT2D eigenvalue weighted by Gasteiger charge is -2.00. The largest absolute Gasteiger partial charge is 0.308 e. The van der Waals surface area contributed by atoms with E-state index in [-0.39, 0.29) is 5.82 Å². The van der Waals surface area contributed by atoms with Crippen molar-refractivity contribution < 1.29 is 4.39 Å². The summed E-state index contributed by atoms with van der Waals surface area (Å²) in [6, 6.07) is 5.07. The van der Waals surface area contributed by atoms with Crippen LogP contribution in [0.2, 0.25) is 5.02 Å². The average molecular weight is 283 g/mol. The van der Waals surface area contributed by atoms with Gasteiger partial charge in [-0.1, -0.05) is 11.6 Å². The number of halogens is 2. The summed E-state index contributed by atoms with van der Waals surface area (Å²) in [6.45, 7) is 0.792. The number of thiazole rings is 1. The molecular weight excluding hydrogens is 271 g/mol. The first kappa shape index (κ1) is 12.1. The third-order valence-electron chi connectivity index (χ3n) is 2.86. The Morgan fingerprint density at radius 1 is 1.44 bits per heavy atom. The molecule has 1 aromatic carbocycles. The van der Waals surface area contributed by atoms with Crippen molar-refractivity contribution in [1.29, 1.82) is 0 Å². The molecule has 3 rings (SSSR count). The highest BCUT2D eigenvalue weighted by Gasteiger charge is 2.20. The van der Waals surface area contributed by atoms with E-state index in [2.05, 4.69) is 10.3 Å². The molecule has 0 radical (unpaired) electrons. The SMILES string of the molecule is Fc1ccc(-c2nc(CNC3CC3)cs2)c(Cl)c1. The molecule has 2 aromatic rings. The molecule has 1 N–H and O–H groups in total. The molecular formula is C13H12ClFN2S. The molecule has 1 fully saturated rings. The highest BCUT2D eigenvalue weighted by atomic mass is 35.5. The minimum Gasteiger partial charge on any atom is -0.308 e. The fourth-order valence-corrected chi connectivity index (χ4v) is 2.88. The molecule has 0 atom stereocenters. The summed E-state index contributed by atoms with van der Waals surface area (Å²) in [7, 11) is 0. The van der Waals surface area contributed by atoms with Crippen molar-refractivity contribution in [2.75, 3.05) is 0 Å². The average Bonchev–Trinajstić information content (AvgIpc) is 3.05. The molecule has 1 heterocycles. The number of benzene rings is 1. The fraction of sp³-hybridized carbons (Fsp3) is 0.308. The van der Waals surface area contributed by atoms with Crippen molar-refractivity contribution in [2.45, 2.75) is 25.4 Å². The minimum atomic E-state index is -0.323. The van der Waals surface area contributed by atoms with E-state index < -0.39 is 0 Å². The molecule has 0 spiro atoms. The molecule has 5 heteroatoms. The topological polar surface area (TPSA) is 24.9 Å². The van der Waals surface area contributed by atoms with Crippen LogP contribution in [0.3, 0.4) is 0 Å². The second kappa shape index (κ2) is 4.96. The zero-order valence-corrected chi connectivity index (χ0v) is 11.2. The summed E-state index contributed by atoms with van der Waals surface area (Å²) >= 11 is 7.56. The summed E-state index contributed by atoms with van der Waals surface area (Å²) in [6.07, 6.45) is 2.53. The fourth-order valence-electron chi connectivity index (χ4n) is 1.71.